The molecule has 8 heteroatoms. The van der Waals surface area contributed by atoms with Gasteiger partial charge < -0.3 is 9.84 Å². The second kappa shape index (κ2) is 5.88. The van der Waals surface area contributed by atoms with Crippen LogP contribution in [0.2, 0.25) is 0 Å². The molecule has 0 saturated heterocycles. The van der Waals surface area contributed by atoms with Crippen LogP contribution in [0.15, 0.2) is 40.9 Å². The highest BCUT2D eigenvalue weighted by Gasteiger charge is 2.15. The van der Waals surface area contributed by atoms with Gasteiger partial charge in [-0.1, -0.05) is 0 Å². The molecule has 0 aromatic heterocycles. The van der Waals surface area contributed by atoms with Gasteiger partial charge >= 0.3 is 11.7 Å². The molecule has 108 valence electrons. The van der Waals surface area contributed by atoms with Crippen LogP contribution in [0.5, 0.6) is 11.5 Å². The summed E-state index contributed by atoms with van der Waals surface area (Å²) in [5.74, 6) is -1.80. The second-order valence-corrected chi connectivity index (χ2v) is 4.78. The normalized spacial score (nSPS) is 10.2. The summed E-state index contributed by atoms with van der Waals surface area (Å²) in [6, 6.07) is 7.18. The molecule has 0 radical (unpaired) electrons. The summed E-state index contributed by atoms with van der Waals surface area (Å²) >= 11 is 3.14. The molecule has 0 aliphatic heterocycles. The molecule has 0 atom stereocenters. The number of hydrogen-bond donors (Lipinski definition) is 1. The molecule has 21 heavy (non-hydrogen) atoms. The lowest BCUT2D eigenvalue weighted by atomic mass is 10.2. The predicted molar refractivity (Wildman–Crippen MR) is 74.2 cm³/mol. The molecule has 6 nitrogen and oxygen atoms in total. The van der Waals surface area contributed by atoms with Crippen molar-refractivity contribution in [2.24, 2.45) is 0 Å². The van der Waals surface area contributed by atoms with Crippen molar-refractivity contribution in [2.75, 3.05) is 0 Å². The molecule has 0 fully saturated rings. The van der Waals surface area contributed by atoms with E-state index in [2.05, 4.69) is 15.9 Å². The van der Waals surface area contributed by atoms with Crippen molar-refractivity contribution in [3.05, 3.63) is 62.4 Å². The first kappa shape index (κ1) is 14.9. The number of nitrogens with zero attached hydrogens (tertiary/aromatic N) is 1. The maximum absolute atomic E-state index is 13.5. The topological polar surface area (TPSA) is 89.7 Å². The highest BCUT2D eigenvalue weighted by molar-refractivity contribution is 9.10. The molecular weight excluding hydrogens is 349 g/mol. The Morgan fingerprint density at radius 2 is 2.00 bits per heavy atom. The summed E-state index contributed by atoms with van der Waals surface area (Å²) in [5, 5.41) is 19.3. The fraction of sp³-hybridized carbons (Fsp3) is 0. The van der Waals surface area contributed by atoms with Gasteiger partial charge in [0.1, 0.15) is 11.5 Å². The first-order valence-corrected chi connectivity index (χ1v) is 6.32. The van der Waals surface area contributed by atoms with Crippen LogP contribution in [0.25, 0.3) is 0 Å². The molecule has 0 saturated carbocycles. The molecular formula is C13H7BrFNO5. The van der Waals surface area contributed by atoms with E-state index in [9.17, 15) is 19.3 Å². The summed E-state index contributed by atoms with van der Waals surface area (Å²) in [4.78, 5) is 20.5. The minimum Gasteiger partial charge on any atom is -0.478 e. The molecule has 1 N–H and O–H groups in total. The number of rotatable bonds is 4. The number of carbonyl (C=O) groups is 1. The van der Waals surface area contributed by atoms with Gasteiger partial charge in [0.05, 0.1) is 15.0 Å². The highest BCUT2D eigenvalue weighted by Crippen LogP contribution is 2.32. The van der Waals surface area contributed by atoms with Crippen LogP contribution in [0.1, 0.15) is 10.4 Å². The van der Waals surface area contributed by atoms with E-state index in [4.69, 9.17) is 9.84 Å². The molecule has 0 bridgehead atoms. The van der Waals surface area contributed by atoms with Gasteiger partial charge in [-0.15, -0.1) is 0 Å². The summed E-state index contributed by atoms with van der Waals surface area (Å²) < 4.78 is 19.2. The van der Waals surface area contributed by atoms with Crippen molar-refractivity contribution >= 4 is 27.6 Å². The van der Waals surface area contributed by atoms with Gasteiger partial charge in [0.2, 0.25) is 5.82 Å². The summed E-state index contributed by atoms with van der Waals surface area (Å²) in [6.07, 6.45) is 0. The molecule has 2 aromatic carbocycles. The number of nitro benzene ring substituents is 1. The number of carboxylic acid groups (broad SMARTS) is 1. The van der Waals surface area contributed by atoms with Crippen LogP contribution in [0.4, 0.5) is 10.1 Å². The van der Waals surface area contributed by atoms with Crippen LogP contribution in [0, 0.1) is 15.9 Å². The minimum atomic E-state index is -1.09. The summed E-state index contributed by atoms with van der Waals surface area (Å²) in [5.41, 5.74) is -0.591. The van der Waals surface area contributed by atoms with Gasteiger partial charge in [-0.2, -0.15) is 4.39 Å². The zero-order valence-electron chi connectivity index (χ0n) is 10.2. The Balaban J connectivity index is 2.28. The monoisotopic (exact) mass is 355 g/mol. The number of benzene rings is 2. The largest absolute Gasteiger partial charge is 0.478 e. The number of ether oxygens (including phenoxy) is 1. The number of hydrogen-bond acceptors (Lipinski definition) is 4. The summed E-state index contributed by atoms with van der Waals surface area (Å²) in [7, 11) is 0. The maximum Gasteiger partial charge on any atom is 0.335 e. The van der Waals surface area contributed by atoms with Crippen molar-refractivity contribution < 1.29 is 24.0 Å². The average molecular weight is 356 g/mol. The van der Waals surface area contributed by atoms with Crippen molar-refractivity contribution in [2.45, 2.75) is 0 Å². The lowest BCUT2D eigenvalue weighted by Gasteiger charge is -2.08. The van der Waals surface area contributed by atoms with Gasteiger partial charge in [-0.3, -0.25) is 10.1 Å². The highest BCUT2D eigenvalue weighted by atomic mass is 79.9. The molecule has 0 aliphatic rings. The Kier molecular flexibility index (Phi) is 4.18. The van der Waals surface area contributed by atoms with Crippen LogP contribution in [0.3, 0.4) is 0 Å². The van der Waals surface area contributed by atoms with E-state index in [-0.39, 0.29) is 17.1 Å². The van der Waals surface area contributed by atoms with Gasteiger partial charge in [-0.25, -0.2) is 4.79 Å². The molecule has 0 aliphatic carbocycles. The number of nitro groups is 1. The van der Waals surface area contributed by atoms with Crippen molar-refractivity contribution in [3.8, 4) is 11.5 Å². The smallest absolute Gasteiger partial charge is 0.335 e. The Labute approximate surface area is 126 Å². The second-order valence-electron chi connectivity index (χ2n) is 3.92. The first-order valence-electron chi connectivity index (χ1n) is 5.53. The average Bonchev–Trinajstić information content (AvgIpc) is 2.40. The fourth-order valence-corrected chi connectivity index (χ4v) is 2.00. The van der Waals surface area contributed by atoms with Gasteiger partial charge in [0.25, 0.3) is 0 Å². The Bertz CT molecular complexity index is 734. The van der Waals surface area contributed by atoms with E-state index in [1.807, 2.05) is 0 Å². The lowest BCUT2D eigenvalue weighted by molar-refractivity contribution is -0.387. The van der Waals surface area contributed by atoms with E-state index >= 15 is 0 Å². The predicted octanol–water partition coefficient (Wildman–Crippen LogP) is 3.99. The quantitative estimate of drug-likeness (QED) is 0.661. The fourth-order valence-electron chi connectivity index (χ4n) is 1.54. The molecule has 2 aromatic rings. The van der Waals surface area contributed by atoms with E-state index in [0.29, 0.717) is 4.47 Å². The lowest BCUT2D eigenvalue weighted by Crippen LogP contribution is -1.97. The Morgan fingerprint density at radius 1 is 1.29 bits per heavy atom. The Morgan fingerprint density at radius 3 is 2.52 bits per heavy atom. The number of aromatic carboxylic acids is 1. The molecule has 0 spiro atoms. The molecule has 2 rings (SSSR count). The van der Waals surface area contributed by atoms with Gasteiger partial charge in [0.15, 0.2) is 0 Å². The zero-order chi connectivity index (χ0) is 15.6. The summed E-state index contributed by atoms with van der Waals surface area (Å²) in [6.45, 7) is 0. The van der Waals surface area contributed by atoms with Crippen LogP contribution < -0.4 is 4.74 Å². The van der Waals surface area contributed by atoms with E-state index in [1.165, 1.54) is 24.3 Å². The molecule has 0 heterocycles. The standard InChI is InChI=1S/C13H7BrFNO5/c14-9-5-7(13(17)18)1-4-12(9)21-8-2-3-11(16(19)20)10(15)6-8/h1-6H,(H,17,18). The van der Waals surface area contributed by atoms with Gasteiger partial charge in [0, 0.05) is 12.1 Å². The third-order valence-corrected chi connectivity index (χ3v) is 3.14. The van der Waals surface area contributed by atoms with Crippen LogP contribution in [-0.4, -0.2) is 16.0 Å². The van der Waals surface area contributed by atoms with E-state index in [1.54, 1.807) is 0 Å². The number of carboxylic acids is 1. The minimum absolute atomic E-state index is 0.0573. The van der Waals surface area contributed by atoms with Crippen LogP contribution >= 0.6 is 15.9 Å². The van der Waals surface area contributed by atoms with Crippen molar-refractivity contribution in [1.29, 1.82) is 0 Å². The van der Waals surface area contributed by atoms with E-state index < -0.39 is 22.4 Å². The maximum atomic E-state index is 13.5. The van der Waals surface area contributed by atoms with Crippen molar-refractivity contribution in [1.82, 2.24) is 0 Å². The third kappa shape index (κ3) is 3.34. The molecule has 0 unspecified atom stereocenters. The number of halogens is 2. The first-order chi connectivity index (χ1) is 9.88. The zero-order valence-corrected chi connectivity index (χ0v) is 11.8. The molecule has 0 amide bonds. The SMILES string of the molecule is O=C(O)c1ccc(Oc2ccc([N+](=O)[O-])c(F)c2)c(Br)c1. The van der Waals surface area contributed by atoms with E-state index in [0.717, 1.165) is 12.1 Å². The van der Waals surface area contributed by atoms with Gasteiger partial charge in [-0.05, 0) is 40.2 Å². The van der Waals surface area contributed by atoms with Crippen molar-refractivity contribution in [3.63, 3.8) is 0 Å². The third-order valence-electron chi connectivity index (χ3n) is 2.52. The van der Waals surface area contributed by atoms with Crippen LogP contribution in [-0.2, 0) is 0 Å². The Hall–Kier alpha value is -2.48.